The van der Waals surface area contributed by atoms with Gasteiger partial charge in [-0.25, -0.2) is 0 Å². The Morgan fingerprint density at radius 2 is 2.06 bits per heavy atom. The topological polar surface area (TPSA) is 26.3 Å². The second kappa shape index (κ2) is 5.99. The maximum Gasteiger partial charge on any atom is 0.210 e. The molecule has 2 nitrogen and oxygen atoms in total. The molecule has 1 aromatic heterocycles. The van der Waals surface area contributed by atoms with Gasteiger partial charge >= 0.3 is 0 Å². The molecule has 0 unspecified atom stereocenters. The molecule has 2 rings (SSSR count). The van der Waals surface area contributed by atoms with Crippen molar-refractivity contribution >= 4 is 49.0 Å². The summed E-state index contributed by atoms with van der Waals surface area (Å²) in [6, 6.07) is 9.43. The molecular formula is C13H10Br2O2S. The number of ether oxygens (including phenoxy) is 1. The number of carbonyl (C=O) groups is 1. The van der Waals surface area contributed by atoms with E-state index in [2.05, 4.69) is 31.9 Å². The van der Waals surface area contributed by atoms with Gasteiger partial charge in [-0.2, -0.15) is 0 Å². The number of hydrogen-bond acceptors (Lipinski definition) is 3. The second-order valence-electron chi connectivity index (χ2n) is 3.75. The summed E-state index contributed by atoms with van der Waals surface area (Å²) in [6.07, 6.45) is 0. The van der Waals surface area contributed by atoms with Gasteiger partial charge in [0.1, 0.15) is 5.75 Å². The van der Waals surface area contributed by atoms with Gasteiger partial charge < -0.3 is 4.74 Å². The van der Waals surface area contributed by atoms with Crippen molar-refractivity contribution in [3.8, 4) is 5.75 Å². The molecule has 0 aliphatic rings. The van der Waals surface area contributed by atoms with E-state index in [9.17, 15) is 4.79 Å². The minimum absolute atomic E-state index is 0.0156. The number of halogens is 2. The van der Waals surface area contributed by atoms with Crippen LogP contribution >= 0.6 is 43.2 Å². The molecule has 0 radical (unpaired) electrons. The lowest BCUT2D eigenvalue weighted by Gasteiger charge is -2.07. The van der Waals surface area contributed by atoms with Crippen LogP contribution in [-0.2, 0) is 0 Å². The Morgan fingerprint density at radius 1 is 1.28 bits per heavy atom. The van der Waals surface area contributed by atoms with Gasteiger partial charge in [-0.05, 0) is 68.6 Å². The third-order valence-electron chi connectivity index (χ3n) is 2.29. The minimum Gasteiger partial charge on any atom is -0.484 e. The number of aryl methyl sites for hydroxylation is 1. The summed E-state index contributed by atoms with van der Waals surface area (Å²) < 4.78 is 7.32. The number of rotatable bonds is 4. The SMILES string of the molecule is Cc1ccc(OCC(=O)c2ccc(Br)s2)c(Br)c1. The third kappa shape index (κ3) is 3.43. The van der Waals surface area contributed by atoms with Crippen LogP contribution in [0.4, 0.5) is 0 Å². The second-order valence-corrected chi connectivity index (χ2v) is 7.07. The maximum atomic E-state index is 11.9. The molecule has 0 saturated heterocycles. The van der Waals surface area contributed by atoms with Gasteiger partial charge in [0.25, 0.3) is 0 Å². The number of thiophene rings is 1. The Bertz CT molecular complexity index is 578. The quantitative estimate of drug-likeness (QED) is 0.699. The van der Waals surface area contributed by atoms with Crippen molar-refractivity contribution in [2.75, 3.05) is 6.61 Å². The molecular weight excluding hydrogens is 380 g/mol. The first-order chi connectivity index (χ1) is 8.56. The van der Waals surface area contributed by atoms with Gasteiger partial charge in [-0.3, -0.25) is 4.79 Å². The number of ketones is 1. The van der Waals surface area contributed by atoms with E-state index < -0.39 is 0 Å². The highest BCUT2D eigenvalue weighted by atomic mass is 79.9. The summed E-state index contributed by atoms with van der Waals surface area (Å²) in [7, 11) is 0. The van der Waals surface area contributed by atoms with Crippen molar-refractivity contribution in [2.24, 2.45) is 0 Å². The molecule has 94 valence electrons. The summed E-state index contributed by atoms with van der Waals surface area (Å²) in [5.74, 6) is 0.669. The Morgan fingerprint density at radius 3 is 2.67 bits per heavy atom. The summed E-state index contributed by atoms with van der Waals surface area (Å²) in [4.78, 5) is 12.6. The normalized spacial score (nSPS) is 10.4. The molecule has 1 heterocycles. The van der Waals surface area contributed by atoms with E-state index in [0.717, 1.165) is 13.8 Å². The van der Waals surface area contributed by atoms with E-state index in [1.165, 1.54) is 11.3 Å². The van der Waals surface area contributed by atoms with Crippen molar-refractivity contribution in [3.05, 3.63) is 49.0 Å². The molecule has 18 heavy (non-hydrogen) atoms. The van der Waals surface area contributed by atoms with Gasteiger partial charge in [-0.1, -0.05) is 6.07 Å². The van der Waals surface area contributed by atoms with Crippen LogP contribution in [0.5, 0.6) is 5.75 Å². The zero-order chi connectivity index (χ0) is 13.1. The van der Waals surface area contributed by atoms with Crippen LogP contribution < -0.4 is 4.74 Å². The Balaban J connectivity index is 2.01. The Hall–Kier alpha value is -0.650. The summed E-state index contributed by atoms with van der Waals surface area (Å²) in [5, 5.41) is 0. The number of benzene rings is 1. The van der Waals surface area contributed by atoms with E-state index in [-0.39, 0.29) is 12.4 Å². The predicted molar refractivity (Wildman–Crippen MR) is 80.7 cm³/mol. The van der Waals surface area contributed by atoms with E-state index in [4.69, 9.17) is 4.74 Å². The monoisotopic (exact) mass is 388 g/mol. The fraction of sp³-hybridized carbons (Fsp3) is 0.154. The summed E-state index contributed by atoms with van der Waals surface area (Å²) >= 11 is 8.16. The van der Waals surface area contributed by atoms with Crippen LogP contribution in [0.3, 0.4) is 0 Å². The highest BCUT2D eigenvalue weighted by molar-refractivity contribution is 9.11. The van der Waals surface area contributed by atoms with Gasteiger partial charge in [0, 0.05) is 0 Å². The van der Waals surface area contributed by atoms with E-state index in [0.29, 0.717) is 10.6 Å². The first-order valence-electron chi connectivity index (χ1n) is 5.24. The maximum absolute atomic E-state index is 11.9. The minimum atomic E-state index is -0.0156. The van der Waals surface area contributed by atoms with E-state index in [1.807, 2.05) is 31.2 Å². The molecule has 0 aliphatic heterocycles. The Labute approximate surface area is 126 Å². The van der Waals surface area contributed by atoms with Gasteiger partial charge in [0.05, 0.1) is 13.1 Å². The first kappa shape index (κ1) is 13.8. The molecule has 0 amide bonds. The molecule has 0 fully saturated rings. The summed E-state index contributed by atoms with van der Waals surface area (Å²) in [6.45, 7) is 2.05. The van der Waals surface area contributed by atoms with Crippen LogP contribution in [0.2, 0.25) is 0 Å². The highest BCUT2D eigenvalue weighted by Crippen LogP contribution is 2.26. The average molecular weight is 390 g/mol. The molecule has 0 N–H and O–H groups in total. The number of hydrogen-bond donors (Lipinski definition) is 0. The molecule has 1 aromatic carbocycles. The molecule has 0 saturated carbocycles. The number of carbonyl (C=O) groups excluding carboxylic acids is 1. The first-order valence-corrected chi connectivity index (χ1v) is 7.64. The average Bonchev–Trinajstić information content (AvgIpc) is 2.74. The Kier molecular flexibility index (Phi) is 4.59. The van der Waals surface area contributed by atoms with Crippen molar-refractivity contribution in [2.45, 2.75) is 6.92 Å². The standard InChI is InChI=1S/C13H10Br2O2S/c1-8-2-3-11(9(14)6-8)17-7-10(16)12-4-5-13(15)18-12/h2-6H,7H2,1H3. The number of Topliss-reactive ketones (excluding diaryl/α,β-unsaturated/α-hetero) is 1. The van der Waals surface area contributed by atoms with Gasteiger partial charge in [-0.15, -0.1) is 11.3 Å². The van der Waals surface area contributed by atoms with E-state index in [1.54, 1.807) is 6.07 Å². The fourth-order valence-electron chi connectivity index (χ4n) is 1.40. The summed E-state index contributed by atoms with van der Waals surface area (Å²) in [5.41, 5.74) is 1.14. The lowest BCUT2D eigenvalue weighted by Crippen LogP contribution is -2.10. The van der Waals surface area contributed by atoms with Crippen molar-refractivity contribution in [1.29, 1.82) is 0 Å². The zero-order valence-electron chi connectivity index (χ0n) is 9.57. The van der Waals surface area contributed by atoms with Crippen LogP contribution in [-0.4, -0.2) is 12.4 Å². The molecule has 0 aliphatic carbocycles. The smallest absolute Gasteiger partial charge is 0.210 e. The predicted octanol–water partition coefficient (Wildman–Crippen LogP) is 4.84. The van der Waals surface area contributed by atoms with Crippen molar-refractivity contribution in [1.82, 2.24) is 0 Å². The van der Waals surface area contributed by atoms with Gasteiger partial charge in [0.2, 0.25) is 5.78 Å². The molecule has 0 spiro atoms. The highest BCUT2D eigenvalue weighted by Gasteiger charge is 2.10. The largest absolute Gasteiger partial charge is 0.484 e. The molecule has 0 atom stereocenters. The molecule has 2 aromatic rings. The van der Waals surface area contributed by atoms with Crippen LogP contribution in [0.25, 0.3) is 0 Å². The third-order valence-corrected chi connectivity index (χ3v) is 4.58. The van der Waals surface area contributed by atoms with Crippen LogP contribution in [0.1, 0.15) is 15.2 Å². The van der Waals surface area contributed by atoms with Crippen molar-refractivity contribution < 1.29 is 9.53 Å². The van der Waals surface area contributed by atoms with Gasteiger partial charge in [0.15, 0.2) is 6.61 Å². The van der Waals surface area contributed by atoms with Crippen LogP contribution in [0.15, 0.2) is 38.6 Å². The molecule has 0 bridgehead atoms. The van der Waals surface area contributed by atoms with Crippen molar-refractivity contribution in [3.63, 3.8) is 0 Å². The lowest BCUT2D eigenvalue weighted by molar-refractivity contribution is 0.0925. The fourth-order valence-corrected chi connectivity index (χ4v) is 3.32. The molecule has 5 heteroatoms. The lowest BCUT2D eigenvalue weighted by atomic mass is 10.2. The van der Waals surface area contributed by atoms with Crippen LogP contribution in [0, 0.1) is 6.92 Å². The van der Waals surface area contributed by atoms with E-state index >= 15 is 0 Å². The zero-order valence-corrected chi connectivity index (χ0v) is 13.6.